The van der Waals surface area contributed by atoms with Gasteiger partial charge >= 0.3 is 6.03 Å². The first-order chi connectivity index (χ1) is 11.5. The van der Waals surface area contributed by atoms with Gasteiger partial charge in [0, 0.05) is 12.2 Å². The SMILES string of the molecule is O=C(NCC[C@H]1C(=O)Nc2ccccc21)Nc1cc(F)ccc1Cl. The normalized spacial score (nSPS) is 15.6. The van der Waals surface area contributed by atoms with Crippen LogP contribution in [-0.2, 0) is 4.79 Å². The van der Waals surface area contributed by atoms with Gasteiger partial charge in [-0.25, -0.2) is 9.18 Å². The van der Waals surface area contributed by atoms with Gasteiger partial charge in [-0.1, -0.05) is 29.8 Å². The lowest BCUT2D eigenvalue weighted by Gasteiger charge is -2.11. The maximum atomic E-state index is 13.2. The number of rotatable bonds is 4. The summed E-state index contributed by atoms with van der Waals surface area (Å²) in [6.45, 7) is 0.297. The van der Waals surface area contributed by atoms with E-state index in [1.165, 1.54) is 12.1 Å². The topological polar surface area (TPSA) is 70.2 Å². The van der Waals surface area contributed by atoms with E-state index < -0.39 is 11.8 Å². The Morgan fingerprint density at radius 3 is 2.88 bits per heavy atom. The zero-order valence-electron chi connectivity index (χ0n) is 12.6. The zero-order chi connectivity index (χ0) is 17.1. The molecule has 3 rings (SSSR count). The van der Waals surface area contributed by atoms with Crippen LogP contribution in [0, 0.1) is 5.82 Å². The van der Waals surface area contributed by atoms with Crippen LogP contribution < -0.4 is 16.0 Å². The average Bonchev–Trinajstić information content (AvgIpc) is 2.87. The molecule has 2 aromatic rings. The Morgan fingerprint density at radius 2 is 2.04 bits per heavy atom. The number of hydrogen-bond donors (Lipinski definition) is 3. The van der Waals surface area contributed by atoms with Gasteiger partial charge in [0.15, 0.2) is 0 Å². The van der Waals surface area contributed by atoms with E-state index >= 15 is 0 Å². The number of urea groups is 1. The second-order valence-corrected chi connectivity index (χ2v) is 5.83. The minimum Gasteiger partial charge on any atom is -0.338 e. The number of hydrogen-bond acceptors (Lipinski definition) is 2. The molecule has 0 saturated heterocycles. The standard InChI is InChI=1S/C17H15ClFN3O2/c18-13-6-5-10(19)9-15(13)22-17(24)20-8-7-12-11-3-1-2-4-14(11)21-16(12)23/h1-6,9,12H,7-8H2,(H,21,23)(H2,20,22,24)/t12-/m1/s1. The molecule has 1 atom stereocenters. The number of halogens is 2. The quantitative estimate of drug-likeness (QED) is 0.788. The first kappa shape index (κ1) is 16.3. The van der Waals surface area contributed by atoms with Crippen LogP contribution in [0.5, 0.6) is 0 Å². The number of amides is 3. The molecule has 2 aromatic carbocycles. The molecule has 1 aliphatic heterocycles. The van der Waals surface area contributed by atoms with Crippen LogP contribution in [0.25, 0.3) is 0 Å². The molecule has 124 valence electrons. The molecule has 0 aliphatic carbocycles. The first-order valence-electron chi connectivity index (χ1n) is 7.44. The summed E-state index contributed by atoms with van der Waals surface area (Å²) in [5.41, 5.74) is 1.93. The third-order valence-electron chi connectivity index (χ3n) is 3.81. The smallest absolute Gasteiger partial charge is 0.319 e. The highest BCUT2D eigenvalue weighted by atomic mass is 35.5. The number of carbonyl (C=O) groups excluding carboxylic acids is 2. The number of anilines is 2. The molecule has 24 heavy (non-hydrogen) atoms. The zero-order valence-corrected chi connectivity index (χ0v) is 13.4. The Hall–Kier alpha value is -2.60. The van der Waals surface area contributed by atoms with Crippen molar-refractivity contribution in [1.29, 1.82) is 0 Å². The Bertz CT molecular complexity index is 797. The second kappa shape index (κ2) is 6.88. The Morgan fingerprint density at radius 1 is 1.25 bits per heavy atom. The van der Waals surface area contributed by atoms with Gasteiger partial charge < -0.3 is 16.0 Å². The lowest BCUT2D eigenvalue weighted by atomic mass is 9.97. The monoisotopic (exact) mass is 347 g/mol. The van der Waals surface area contributed by atoms with E-state index in [2.05, 4.69) is 16.0 Å². The molecule has 3 N–H and O–H groups in total. The summed E-state index contributed by atoms with van der Waals surface area (Å²) >= 11 is 5.89. The van der Waals surface area contributed by atoms with E-state index in [1.54, 1.807) is 0 Å². The fraction of sp³-hybridized carbons (Fsp3) is 0.176. The maximum absolute atomic E-state index is 13.2. The summed E-state index contributed by atoms with van der Waals surface area (Å²) in [6, 6.07) is 10.7. The van der Waals surface area contributed by atoms with Crippen LogP contribution in [0.3, 0.4) is 0 Å². The maximum Gasteiger partial charge on any atom is 0.319 e. The van der Waals surface area contributed by atoms with Gasteiger partial charge in [-0.05, 0) is 36.2 Å². The number of fused-ring (bicyclic) bond motifs is 1. The summed E-state index contributed by atoms with van der Waals surface area (Å²) in [6.07, 6.45) is 0.465. The molecule has 1 aliphatic rings. The molecular formula is C17H15ClFN3O2. The van der Waals surface area contributed by atoms with Gasteiger partial charge in [-0.2, -0.15) is 0 Å². The predicted octanol–water partition coefficient (Wildman–Crippen LogP) is 3.73. The molecular weight excluding hydrogens is 333 g/mol. The molecule has 5 nitrogen and oxygen atoms in total. The highest BCUT2D eigenvalue weighted by Gasteiger charge is 2.29. The number of nitrogens with one attached hydrogen (secondary N) is 3. The van der Waals surface area contributed by atoms with Crippen molar-refractivity contribution in [3.63, 3.8) is 0 Å². The molecule has 0 bridgehead atoms. The first-order valence-corrected chi connectivity index (χ1v) is 7.82. The van der Waals surface area contributed by atoms with Crippen LogP contribution in [0.15, 0.2) is 42.5 Å². The molecule has 0 spiro atoms. The minimum absolute atomic E-state index is 0.0772. The van der Waals surface area contributed by atoms with E-state index in [0.717, 1.165) is 17.3 Å². The highest BCUT2D eigenvalue weighted by molar-refractivity contribution is 6.33. The fourth-order valence-electron chi connectivity index (χ4n) is 2.65. The molecule has 0 aromatic heterocycles. The van der Waals surface area contributed by atoms with Crippen molar-refractivity contribution < 1.29 is 14.0 Å². The Balaban J connectivity index is 1.54. The van der Waals surface area contributed by atoms with E-state index in [4.69, 9.17) is 11.6 Å². The Kier molecular flexibility index (Phi) is 4.66. The van der Waals surface area contributed by atoms with Crippen LogP contribution in [0.1, 0.15) is 17.9 Å². The van der Waals surface area contributed by atoms with Gasteiger partial charge in [0.2, 0.25) is 5.91 Å². The Labute approximate surface area is 143 Å². The molecule has 3 amide bonds. The lowest BCUT2D eigenvalue weighted by Crippen LogP contribution is -2.31. The molecule has 0 radical (unpaired) electrons. The van der Waals surface area contributed by atoms with Crippen molar-refractivity contribution in [2.24, 2.45) is 0 Å². The minimum atomic E-state index is -0.505. The molecule has 0 saturated carbocycles. The van der Waals surface area contributed by atoms with Gasteiger partial charge in [-0.15, -0.1) is 0 Å². The summed E-state index contributed by atoms with van der Waals surface area (Å²) in [5.74, 6) is -0.861. The van der Waals surface area contributed by atoms with Crippen molar-refractivity contribution in [3.8, 4) is 0 Å². The van der Waals surface area contributed by atoms with Gasteiger partial charge in [-0.3, -0.25) is 4.79 Å². The molecule has 0 fully saturated rings. The van der Waals surface area contributed by atoms with E-state index in [-0.39, 0.29) is 22.5 Å². The summed E-state index contributed by atoms with van der Waals surface area (Å²) < 4.78 is 13.2. The largest absolute Gasteiger partial charge is 0.338 e. The van der Waals surface area contributed by atoms with Crippen molar-refractivity contribution in [3.05, 3.63) is 58.9 Å². The number of benzene rings is 2. The van der Waals surface area contributed by atoms with Crippen molar-refractivity contribution in [2.45, 2.75) is 12.3 Å². The number of carbonyl (C=O) groups is 2. The fourth-order valence-corrected chi connectivity index (χ4v) is 2.82. The highest BCUT2D eigenvalue weighted by Crippen LogP contribution is 2.33. The van der Waals surface area contributed by atoms with E-state index in [1.807, 2.05) is 24.3 Å². The van der Waals surface area contributed by atoms with Gasteiger partial charge in [0.05, 0.1) is 16.6 Å². The van der Waals surface area contributed by atoms with E-state index in [9.17, 15) is 14.0 Å². The molecule has 7 heteroatoms. The third kappa shape index (κ3) is 3.49. The number of para-hydroxylation sites is 1. The molecule has 1 heterocycles. The van der Waals surface area contributed by atoms with Crippen LogP contribution in [0.2, 0.25) is 5.02 Å². The third-order valence-corrected chi connectivity index (χ3v) is 4.14. The van der Waals surface area contributed by atoms with Crippen molar-refractivity contribution >= 4 is 34.9 Å². The second-order valence-electron chi connectivity index (χ2n) is 5.42. The van der Waals surface area contributed by atoms with E-state index in [0.29, 0.717) is 13.0 Å². The average molecular weight is 348 g/mol. The summed E-state index contributed by atoms with van der Waals surface area (Å²) in [4.78, 5) is 23.9. The summed E-state index contributed by atoms with van der Waals surface area (Å²) in [5, 5.41) is 8.19. The molecule has 0 unspecified atom stereocenters. The lowest BCUT2D eigenvalue weighted by molar-refractivity contribution is -0.117. The van der Waals surface area contributed by atoms with Crippen LogP contribution >= 0.6 is 11.6 Å². The van der Waals surface area contributed by atoms with Gasteiger partial charge in [0.1, 0.15) is 5.82 Å². The predicted molar refractivity (Wildman–Crippen MR) is 90.9 cm³/mol. The van der Waals surface area contributed by atoms with Crippen molar-refractivity contribution in [1.82, 2.24) is 5.32 Å². The van der Waals surface area contributed by atoms with Crippen LogP contribution in [-0.4, -0.2) is 18.5 Å². The van der Waals surface area contributed by atoms with Crippen molar-refractivity contribution in [2.75, 3.05) is 17.2 Å². The summed E-state index contributed by atoms with van der Waals surface area (Å²) in [7, 11) is 0. The van der Waals surface area contributed by atoms with Gasteiger partial charge in [0.25, 0.3) is 0 Å². The van der Waals surface area contributed by atoms with Crippen LogP contribution in [0.4, 0.5) is 20.6 Å².